The molecular formula is C10H10BrN3O3. The summed E-state index contributed by atoms with van der Waals surface area (Å²) < 4.78 is 6.63. The molecule has 0 aromatic carbocycles. The van der Waals surface area contributed by atoms with Crippen LogP contribution >= 0.6 is 15.9 Å². The lowest BCUT2D eigenvalue weighted by Gasteiger charge is -2.01. The van der Waals surface area contributed by atoms with E-state index in [4.69, 9.17) is 4.74 Å². The van der Waals surface area contributed by atoms with E-state index in [1.54, 1.807) is 13.8 Å². The molecule has 17 heavy (non-hydrogen) atoms. The minimum Gasteiger partial charge on any atom is -0.462 e. The summed E-state index contributed by atoms with van der Waals surface area (Å²) in [4.78, 5) is 26.3. The molecule has 0 atom stereocenters. The number of hydrogen-bond acceptors (Lipinski definition) is 4. The quantitative estimate of drug-likeness (QED) is 0.847. The van der Waals surface area contributed by atoms with Crippen molar-refractivity contribution in [3.63, 3.8) is 0 Å². The molecule has 2 aromatic heterocycles. The third-order valence-corrected chi connectivity index (χ3v) is 3.21. The highest BCUT2D eigenvalue weighted by atomic mass is 79.9. The first-order valence-electron chi connectivity index (χ1n) is 5.00. The molecule has 0 amide bonds. The van der Waals surface area contributed by atoms with Gasteiger partial charge in [0.15, 0.2) is 5.65 Å². The van der Waals surface area contributed by atoms with Crippen molar-refractivity contribution in [1.29, 1.82) is 0 Å². The molecule has 0 aliphatic carbocycles. The van der Waals surface area contributed by atoms with Crippen LogP contribution in [0.25, 0.3) is 5.65 Å². The number of fused-ring (bicyclic) bond motifs is 1. The van der Waals surface area contributed by atoms with Gasteiger partial charge in [-0.05, 0) is 29.8 Å². The molecule has 1 N–H and O–H groups in total. The van der Waals surface area contributed by atoms with Crippen molar-refractivity contribution in [2.45, 2.75) is 13.8 Å². The van der Waals surface area contributed by atoms with Gasteiger partial charge in [-0.1, -0.05) is 0 Å². The van der Waals surface area contributed by atoms with Gasteiger partial charge in [-0.2, -0.15) is 9.61 Å². The number of ether oxygens (including phenoxy) is 1. The summed E-state index contributed by atoms with van der Waals surface area (Å²) in [7, 11) is 0. The normalized spacial score (nSPS) is 10.8. The van der Waals surface area contributed by atoms with E-state index in [1.165, 1.54) is 6.20 Å². The summed E-state index contributed by atoms with van der Waals surface area (Å²) in [6, 6.07) is 0. The molecule has 6 nitrogen and oxygen atoms in total. The fraction of sp³-hybridized carbons (Fsp3) is 0.300. The topological polar surface area (TPSA) is 76.5 Å². The summed E-state index contributed by atoms with van der Waals surface area (Å²) in [6.45, 7) is 3.66. The fourth-order valence-corrected chi connectivity index (χ4v) is 1.81. The zero-order chi connectivity index (χ0) is 12.6. The Morgan fingerprint density at radius 3 is 3.00 bits per heavy atom. The summed E-state index contributed by atoms with van der Waals surface area (Å²) in [5.41, 5.74) is 0.625. The van der Waals surface area contributed by atoms with E-state index in [-0.39, 0.29) is 12.2 Å². The Bertz CT molecular complexity index is 644. The van der Waals surface area contributed by atoms with Crippen LogP contribution in [0.1, 0.15) is 23.0 Å². The molecule has 0 saturated carbocycles. The predicted octanol–water partition coefficient (Wildman–Crippen LogP) is 1.27. The summed E-state index contributed by atoms with van der Waals surface area (Å²) in [5.74, 6) is -0.653. The van der Waals surface area contributed by atoms with Gasteiger partial charge in [-0.15, -0.1) is 0 Å². The highest BCUT2D eigenvalue weighted by molar-refractivity contribution is 9.10. The van der Waals surface area contributed by atoms with E-state index in [0.29, 0.717) is 15.8 Å². The van der Waals surface area contributed by atoms with Crippen LogP contribution in [-0.2, 0) is 4.74 Å². The average Bonchev–Trinajstić information content (AvgIpc) is 2.58. The first-order valence-corrected chi connectivity index (χ1v) is 5.79. The van der Waals surface area contributed by atoms with Crippen molar-refractivity contribution in [3.05, 3.63) is 32.3 Å². The summed E-state index contributed by atoms with van der Waals surface area (Å²) in [6.07, 6.45) is 1.33. The lowest BCUT2D eigenvalue weighted by Crippen LogP contribution is -2.24. The number of carbonyl (C=O) groups excluding carboxylic acids is 1. The second kappa shape index (κ2) is 4.33. The lowest BCUT2D eigenvalue weighted by atomic mass is 10.3. The molecule has 2 aromatic rings. The van der Waals surface area contributed by atoms with Crippen molar-refractivity contribution in [3.8, 4) is 0 Å². The Hall–Kier alpha value is -1.63. The summed E-state index contributed by atoms with van der Waals surface area (Å²) >= 11 is 3.31. The van der Waals surface area contributed by atoms with Gasteiger partial charge in [0.05, 0.1) is 16.8 Å². The highest BCUT2D eigenvalue weighted by Gasteiger charge is 2.17. The average molecular weight is 300 g/mol. The van der Waals surface area contributed by atoms with Crippen LogP contribution in [0.3, 0.4) is 0 Å². The van der Waals surface area contributed by atoms with Gasteiger partial charge in [0.25, 0.3) is 5.56 Å². The summed E-state index contributed by atoms with van der Waals surface area (Å²) in [5, 5.41) is 4.03. The highest BCUT2D eigenvalue weighted by Crippen LogP contribution is 2.18. The van der Waals surface area contributed by atoms with Gasteiger partial charge < -0.3 is 9.72 Å². The maximum atomic E-state index is 12.0. The lowest BCUT2D eigenvalue weighted by molar-refractivity contribution is 0.0523. The number of nitrogens with one attached hydrogen (secondary N) is 1. The number of hydrogen-bond donors (Lipinski definition) is 1. The second-order valence-corrected chi connectivity index (χ2v) is 4.18. The number of rotatable bonds is 2. The molecule has 0 aliphatic heterocycles. The first-order chi connectivity index (χ1) is 8.06. The Morgan fingerprint density at radius 2 is 2.35 bits per heavy atom. The van der Waals surface area contributed by atoms with Crippen LogP contribution in [-0.4, -0.2) is 27.2 Å². The van der Waals surface area contributed by atoms with Crippen LogP contribution in [0, 0.1) is 6.92 Å². The van der Waals surface area contributed by atoms with E-state index in [9.17, 15) is 9.59 Å². The molecule has 0 spiro atoms. The Labute approximate surface area is 105 Å². The van der Waals surface area contributed by atoms with Crippen molar-refractivity contribution in [2.75, 3.05) is 6.61 Å². The van der Waals surface area contributed by atoms with Gasteiger partial charge in [-0.3, -0.25) is 4.79 Å². The third-order valence-electron chi connectivity index (χ3n) is 2.26. The molecule has 2 rings (SSSR count). The minimum absolute atomic E-state index is 0.0608. The fourth-order valence-electron chi connectivity index (χ4n) is 1.45. The second-order valence-electron chi connectivity index (χ2n) is 3.39. The Kier molecular flexibility index (Phi) is 3.01. The number of esters is 1. The largest absolute Gasteiger partial charge is 0.462 e. The molecule has 0 unspecified atom stereocenters. The standard InChI is InChI=1S/C10H10BrN3O3/c1-3-17-10(16)6-4-12-8-7(11)5(2)13-14(8)9(6)15/h4,12H,3H2,1-2H3. The predicted molar refractivity (Wildman–Crippen MR) is 64.2 cm³/mol. The molecule has 90 valence electrons. The number of aromatic nitrogens is 3. The Morgan fingerprint density at radius 1 is 1.65 bits per heavy atom. The van der Waals surface area contributed by atoms with Gasteiger partial charge >= 0.3 is 5.97 Å². The van der Waals surface area contributed by atoms with E-state index in [1.807, 2.05) is 0 Å². The van der Waals surface area contributed by atoms with Gasteiger partial charge in [0.1, 0.15) is 5.56 Å². The zero-order valence-electron chi connectivity index (χ0n) is 9.28. The molecule has 2 heterocycles. The van der Waals surface area contributed by atoms with E-state index in [0.717, 1.165) is 4.52 Å². The molecular weight excluding hydrogens is 290 g/mol. The SMILES string of the molecule is CCOC(=O)c1c[nH]c2c(Br)c(C)nn2c1=O. The molecule has 0 saturated heterocycles. The van der Waals surface area contributed by atoms with Crippen LogP contribution in [0.2, 0.25) is 0 Å². The first kappa shape index (κ1) is 11.8. The minimum atomic E-state index is -0.653. The molecule has 0 fully saturated rings. The van der Waals surface area contributed by atoms with Crippen molar-refractivity contribution in [1.82, 2.24) is 14.6 Å². The van der Waals surface area contributed by atoms with Gasteiger partial charge in [0.2, 0.25) is 0 Å². The number of halogens is 1. The monoisotopic (exact) mass is 299 g/mol. The van der Waals surface area contributed by atoms with Crippen LogP contribution in [0.4, 0.5) is 0 Å². The van der Waals surface area contributed by atoms with Crippen LogP contribution in [0.15, 0.2) is 15.5 Å². The number of H-pyrrole nitrogens is 1. The number of nitrogens with zero attached hydrogens (tertiary/aromatic N) is 2. The van der Waals surface area contributed by atoms with Crippen molar-refractivity contribution < 1.29 is 9.53 Å². The van der Waals surface area contributed by atoms with Crippen LogP contribution < -0.4 is 5.56 Å². The van der Waals surface area contributed by atoms with E-state index in [2.05, 4.69) is 26.0 Å². The Balaban J connectivity index is 2.66. The van der Waals surface area contributed by atoms with E-state index < -0.39 is 11.5 Å². The van der Waals surface area contributed by atoms with Crippen LogP contribution in [0.5, 0.6) is 0 Å². The molecule has 0 bridgehead atoms. The maximum Gasteiger partial charge on any atom is 0.345 e. The number of aromatic amines is 1. The number of aryl methyl sites for hydroxylation is 1. The molecule has 7 heteroatoms. The maximum absolute atomic E-state index is 12.0. The van der Waals surface area contributed by atoms with Gasteiger partial charge in [0, 0.05) is 6.20 Å². The molecule has 0 aliphatic rings. The van der Waals surface area contributed by atoms with E-state index >= 15 is 0 Å². The molecule has 0 radical (unpaired) electrons. The van der Waals surface area contributed by atoms with Crippen molar-refractivity contribution >= 4 is 27.5 Å². The smallest absolute Gasteiger partial charge is 0.345 e. The zero-order valence-corrected chi connectivity index (χ0v) is 10.9. The third kappa shape index (κ3) is 1.86. The number of carbonyl (C=O) groups is 1. The van der Waals surface area contributed by atoms with Gasteiger partial charge in [-0.25, -0.2) is 4.79 Å². The van der Waals surface area contributed by atoms with Crippen molar-refractivity contribution in [2.24, 2.45) is 0 Å².